The van der Waals surface area contributed by atoms with E-state index in [2.05, 4.69) is 24.5 Å². The molecule has 0 radical (unpaired) electrons. The van der Waals surface area contributed by atoms with Gasteiger partial charge in [0, 0.05) is 17.8 Å². The van der Waals surface area contributed by atoms with E-state index < -0.39 is 22.5 Å². The van der Waals surface area contributed by atoms with E-state index in [9.17, 15) is 19.3 Å². The molecule has 0 heterocycles. The van der Waals surface area contributed by atoms with Crippen LogP contribution in [0.4, 0.5) is 15.8 Å². The predicted octanol–water partition coefficient (Wildman–Crippen LogP) is 4.44. The van der Waals surface area contributed by atoms with Gasteiger partial charge in [-0.15, -0.1) is 0 Å². The molecule has 0 spiro atoms. The Morgan fingerprint density at radius 2 is 1.81 bits per heavy atom. The summed E-state index contributed by atoms with van der Waals surface area (Å²) in [7, 11) is 0. The largest absolute Gasteiger partial charge is 0.324 e. The molecule has 0 aliphatic carbocycles. The summed E-state index contributed by atoms with van der Waals surface area (Å²) in [5.74, 6) is -0.858. The number of anilines is 1. The average Bonchev–Trinajstić information content (AvgIpc) is 2.62. The second kappa shape index (κ2) is 9.23. The van der Waals surface area contributed by atoms with Crippen LogP contribution in [0.15, 0.2) is 48.5 Å². The Morgan fingerprint density at radius 3 is 2.41 bits per heavy atom. The molecule has 0 saturated carbocycles. The number of benzene rings is 2. The highest BCUT2D eigenvalue weighted by Crippen LogP contribution is 2.23. The zero-order valence-electron chi connectivity index (χ0n) is 15.6. The van der Waals surface area contributed by atoms with E-state index in [0.717, 1.165) is 24.1 Å². The first-order chi connectivity index (χ1) is 12.8. The maximum absolute atomic E-state index is 13.4. The highest BCUT2D eigenvalue weighted by molar-refractivity contribution is 5.94. The Balaban J connectivity index is 2.09. The first kappa shape index (κ1) is 20.5. The van der Waals surface area contributed by atoms with Crippen LogP contribution < -0.4 is 10.6 Å². The zero-order chi connectivity index (χ0) is 20.0. The van der Waals surface area contributed by atoms with Gasteiger partial charge in [-0.2, -0.15) is 4.39 Å². The van der Waals surface area contributed by atoms with Crippen molar-refractivity contribution in [2.24, 2.45) is 5.92 Å². The Morgan fingerprint density at radius 1 is 1.15 bits per heavy atom. The maximum Gasteiger partial charge on any atom is 0.306 e. The Hall–Kier alpha value is -2.80. The van der Waals surface area contributed by atoms with Crippen LogP contribution in [-0.2, 0) is 4.79 Å². The van der Waals surface area contributed by atoms with Crippen molar-refractivity contribution in [3.8, 4) is 0 Å². The standard InChI is InChI=1S/C20H24FN3O3/c1-13(2)11-18(15-7-5-4-6-8-15)22-14(3)20(25)23-16-9-10-17(21)19(12-16)24(26)27/h4-10,12-14,18,22H,11H2,1-3H3,(H,23,25)/t14-,18+/m0/s1. The Kier molecular flexibility index (Phi) is 7.01. The van der Waals surface area contributed by atoms with Gasteiger partial charge in [0.15, 0.2) is 0 Å². The van der Waals surface area contributed by atoms with Crippen molar-refractivity contribution in [1.82, 2.24) is 5.32 Å². The summed E-state index contributed by atoms with van der Waals surface area (Å²) >= 11 is 0. The molecular weight excluding hydrogens is 349 g/mol. The molecule has 2 aromatic rings. The highest BCUT2D eigenvalue weighted by atomic mass is 19.1. The lowest BCUT2D eigenvalue weighted by molar-refractivity contribution is -0.387. The van der Waals surface area contributed by atoms with Crippen molar-refractivity contribution in [3.63, 3.8) is 0 Å². The Labute approximate surface area is 157 Å². The summed E-state index contributed by atoms with van der Waals surface area (Å²) in [5.41, 5.74) is 0.598. The highest BCUT2D eigenvalue weighted by Gasteiger charge is 2.21. The van der Waals surface area contributed by atoms with Gasteiger partial charge in [-0.3, -0.25) is 20.2 Å². The van der Waals surface area contributed by atoms with E-state index in [0.29, 0.717) is 5.92 Å². The predicted molar refractivity (Wildman–Crippen MR) is 103 cm³/mol. The molecule has 2 N–H and O–H groups in total. The number of nitro groups is 1. The maximum atomic E-state index is 13.4. The minimum absolute atomic E-state index is 0.00509. The molecule has 0 aromatic heterocycles. The normalized spacial score (nSPS) is 13.2. The van der Waals surface area contributed by atoms with E-state index in [1.807, 2.05) is 30.3 Å². The third kappa shape index (κ3) is 5.86. The number of amides is 1. The quantitative estimate of drug-likeness (QED) is 0.529. The number of halogens is 1. The van der Waals surface area contributed by atoms with Crippen molar-refractivity contribution < 1.29 is 14.1 Å². The monoisotopic (exact) mass is 373 g/mol. The van der Waals surface area contributed by atoms with Gasteiger partial charge in [0.2, 0.25) is 11.7 Å². The van der Waals surface area contributed by atoms with E-state index in [1.165, 1.54) is 6.07 Å². The first-order valence-corrected chi connectivity index (χ1v) is 8.83. The fourth-order valence-corrected chi connectivity index (χ4v) is 2.82. The van der Waals surface area contributed by atoms with E-state index >= 15 is 0 Å². The third-order valence-corrected chi connectivity index (χ3v) is 4.16. The molecular formula is C20H24FN3O3. The van der Waals surface area contributed by atoms with Gasteiger partial charge >= 0.3 is 5.69 Å². The second-order valence-corrected chi connectivity index (χ2v) is 6.89. The molecule has 0 aliphatic heterocycles. The molecule has 0 aliphatic rings. The van der Waals surface area contributed by atoms with E-state index in [4.69, 9.17) is 0 Å². The van der Waals surface area contributed by atoms with Crippen LogP contribution >= 0.6 is 0 Å². The molecule has 0 fully saturated rings. The molecule has 6 nitrogen and oxygen atoms in total. The topological polar surface area (TPSA) is 84.3 Å². The second-order valence-electron chi connectivity index (χ2n) is 6.89. The molecule has 144 valence electrons. The minimum atomic E-state index is -0.940. The molecule has 0 bridgehead atoms. The summed E-state index contributed by atoms with van der Waals surface area (Å²) < 4.78 is 13.4. The summed E-state index contributed by atoms with van der Waals surface area (Å²) in [6.07, 6.45) is 0.851. The molecule has 7 heteroatoms. The van der Waals surface area contributed by atoms with E-state index in [1.54, 1.807) is 6.92 Å². The van der Waals surface area contributed by atoms with Gasteiger partial charge in [0.25, 0.3) is 0 Å². The number of hydrogen-bond donors (Lipinski definition) is 2. The van der Waals surface area contributed by atoms with Gasteiger partial charge in [-0.25, -0.2) is 0 Å². The smallest absolute Gasteiger partial charge is 0.306 e. The van der Waals surface area contributed by atoms with Gasteiger partial charge in [0.1, 0.15) is 0 Å². The number of hydrogen-bond acceptors (Lipinski definition) is 4. The van der Waals surface area contributed by atoms with Crippen LogP contribution in [0, 0.1) is 21.8 Å². The summed E-state index contributed by atoms with van der Waals surface area (Å²) in [4.78, 5) is 22.5. The molecule has 0 unspecified atom stereocenters. The van der Waals surface area contributed by atoms with Gasteiger partial charge < -0.3 is 5.32 Å². The lowest BCUT2D eigenvalue weighted by Crippen LogP contribution is -2.40. The molecule has 2 rings (SSSR count). The lowest BCUT2D eigenvalue weighted by atomic mass is 9.96. The third-order valence-electron chi connectivity index (χ3n) is 4.16. The summed E-state index contributed by atoms with van der Waals surface area (Å²) in [6.45, 7) is 5.95. The molecule has 1 amide bonds. The molecule has 0 saturated heterocycles. The Bertz CT molecular complexity index is 796. The van der Waals surface area contributed by atoms with Crippen molar-refractivity contribution in [2.75, 3.05) is 5.32 Å². The summed E-state index contributed by atoms with van der Waals surface area (Å²) in [5, 5.41) is 16.8. The van der Waals surface area contributed by atoms with Gasteiger partial charge in [-0.1, -0.05) is 44.2 Å². The summed E-state index contributed by atoms with van der Waals surface area (Å²) in [6, 6.07) is 12.6. The van der Waals surface area contributed by atoms with Crippen LogP contribution in [0.2, 0.25) is 0 Å². The number of nitro benzene ring substituents is 1. The first-order valence-electron chi connectivity index (χ1n) is 8.83. The SMILES string of the molecule is CC(C)C[C@@H](N[C@@H](C)C(=O)Nc1ccc(F)c([N+](=O)[O-])c1)c1ccccc1. The van der Waals surface area contributed by atoms with Crippen molar-refractivity contribution in [1.29, 1.82) is 0 Å². The molecule has 2 aromatic carbocycles. The number of nitrogens with zero attached hydrogens (tertiary/aromatic N) is 1. The zero-order valence-corrected chi connectivity index (χ0v) is 15.6. The van der Waals surface area contributed by atoms with Crippen molar-refractivity contribution >= 4 is 17.3 Å². The molecule has 2 atom stereocenters. The van der Waals surface area contributed by atoms with Crippen LogP contribution in [0.1, 0.15) is 38.8 Å². The van der Waals surface area contributed by atoms with Crippen LogP contribution in [0.3, 0.4) is 0 Å². The minimum Gasteiger partial charge on any atom is -0.324 e. The fraction of sp³-hybridized carbons (Fsp3) is 0.350. The average molecular weight is 373 g/mol. The van der Waals surface area contributed by atoms with E-state index in [-0.39, 0.29) is 17.6 Å². The van der Waals surface area contributed by atoms with Gasteiger partial charge in [-0.05, 0) is 37.0 Å². The van der Waals surface area contributed by atoms with Crippen molar-refractivity contribution in [2.45, 2.75) is 39.3 Å². The van der Waals surface area contributed by atoms with Crippen LogP contribution in [0.25, 0.3) is 0 Å². The van der Waals surface area contributed by atoms with Gasteiger partial charge in [0.05, 0.1) is 11.0 Å². The van der Waals surface area contributed by atoms with Crippen molar-refractivity contribution in [3.05, 3.63) is 70.0 Å². The number of rotatable bonds is 8. The van der Waals surface area contributed by atoms with Crippen LogP contribution in [-0.4, -0.2) is 16.9 Å². The lowest BCUT2D eigenvalue weighted by Gasteiger charge is -2.25. The number of carbonyl (C=O) groups excluding carboxylic acids is 1. The van der Waals surface area contributed by atoms with Crippen LogP contribution in [0.5, 0.6) is 0 Å². The molecule has 27 heavy (non-hydrogen) atoms. The number of nitrogens with one attached hydrogen (secondary N) is 2. The number of carbonyl (C=O) groups is 1. The fourth-order valence-electron chi connectivity index (χ4n) is 2.82.